The molecule has 2 N–H and O–H groups in total. The first-order chi connectivity index (χ1) is 9.58. The Morgan fingerprint density at radius 1 is 1.20 bits per heavy atom. The van der Waals surface area contributed by atoms with Crippen molar-refractivity contribution in [2.45, 2.75) is 19.8 Å². The predicted octanol–water partition coefficient (Wildman–Crippen LogP) is 2.56. The number of benzene rings is 1. The first-order valence-electron chi connectivity index (χ1n) is 6.80. The fourth-order valence-electron chi connectivity index (χ4n) is 2.45. The van der Waals surface area contributed by atoms with Gasteiger partial charge in [-0.3, -0.25) is 0 Å². The Labute approximate surface area is 118 Å². The molecule has 0 saturated carbocycles. The van der Waals surface area contributed by atoms with Gasteiger partial charge in [0.05, 0.1) is 0 Å². The molecule has 0 atom stereocenters. The minimum absolute atomic E-state index is 0.327. The van der Waals surface area contributed by atoms with E-state index in [0.29, 0.717) is 24.9 Å². The number of anilines is 1. The summed E-state index contributed by atoms with van der Waals surface area (Å²) >= 11 is 0. The van der Waals surface area contributed by atoms with Crippen molar-refractivity contribution in [1.82, 2.24) is 9.55 Å². The summed E-state index contributed by atoms with van der Waals surface area (Å²) in [5.41, 5.74) is 7.93. The molecule has 0 aliphatic carbocycles. The lowest BCUT2D eigenvalue weighted by atomic mass is 10.1. The summed E-state index contributed by atoms with van der Waals surface area (Å²) in [6.45, 7) is 5.38. The highest BCUT2D eigenvalue weighted by Gasteiger charge is 2.18. The molecule has 0 unspecified atom stereocenters. The first kappa shape index (κ1) is 12.8. The molecule has 1 aromatic heterocycles. The summed E-state index contributed by atoms with van der Waals surface area (Å²) in [6.07, 6.45) is 0. The molecule has 0 fully saturated rings. The molecule has 0 saturated heterocycles. The van der Waals surface area contributed by atoms with Crippen LogP contribution in [0.1, 0.15) is 25.6 Å². The van der Waals surface area contributed by atoms with Crippen LogP contribution in [0.2, 0.25) is 0 Å². The van der Waals surface area contributed by atoms with Crippen molar-refractivity contribution in [2.24, 2.45) is 7.05 Å². The standard InChI is InChI=1S/C15H19N3O2/c1-9(2)15-17-13(14(16)18(15)3)10-4-5-11-12(8-10)20-7-6-19-11/h4-5,8-9H,6-7,16H2,1-3H3. The Hall–Kier alpha value is -2.17. The fraction of sp³-hybridized carbons (Fsp3) is 0.400. The smallest absolute Gasteiger partial charge is 0.162 e. The van der Waals surface area contributed by atoms with E-state index in [1.54, 1.807) is 0 Å². The van der Waals surface area contributed by atoms with Crippen molar-refractivity contribution >= 4 is 5.82 Å². The van der Waals surface area contributed by atoms with Gasteiger partial charge in [0, 0.05) is 18.5 Å². The highest BCUT2D eigenvalue weighted by atomic mass is 16.6. The Morgan fingerprint density at radius 3 is 2.55 bits per heavy atom. The first-order valence-corrected chi connectivity index (χ1v) is 6.80. The third-order valence-electron chi connectivity index (χ3n) is 3.51. The lowest BCUT2D eigenvalue weighted by molar-refractivity contribution is 0.171. The molecule has 1 aliphatic heterocycles. The molecule has 106 valence electrons. The van der Waals surface area contributed by atoms with Gasteiger partial charge in [-0.15, -0.1) is 0 Å². The van der Waals surface area contributed by atoms with Crippen molar-refractivity contribution in [3.05, 3.63) is 24.0 Å². The maximum Gasteiger partial charge on any atom is 0.162 e. The van der Waals surface area contributed by atoms with Gasteiger partial charge in [0.25, 0.3) is 0 Å². The molecule has 20 heavy (non-hydrogen) atoms. The monoisotopic (exact) mass is 273 g/mol. The maximum atomic E-state index is 6.18. The largest absolute Gasteiger partial charge is 0.486 e. The van der Waals surface area contributed by atoms with Gasteiger partial charge in [0.15, 0.2) is 11.5 Å². The average Bonchev–Trinajstić information content (AvgIpc) is 2.75. The fourth-order valence-corrected chi connectivity index (χ4v) is 2.45. The zero-order valence-corrected chi connectivity index (χ0v) is 12.0. The molecule has 1 aliphatic rings. The summed E-state index contributed by atoms with van der Waals surface area (Å²) in [6, 6.07) is 5.82. The van der Waals surface area contributed by atoms with Gasteiger partial charge in [0.1, 0.15) is 30.5 Å². The Balaban J connectivity index is 2.07. The third kappa shape index (κ3) is 1.99. The number of imidazole rings is 1. The van der Waals surface area contributed by atoms with Crippen LogP contribution in [0.25, 0.3) is 11.3 Å². The quantitative estimate of drug-likeness (QED) is 0.913. The Kier molecular flexibility index (Phi) is 3.04. The second-order valence-electron chi connectivity index (χ2n) is 5.28. The number of hydrogen-bond donors (Lipinski definition) is 1. The van der Waals surface area contributed by atoms with Gasteiger partial charge in [-0.1, -0.05) is 13.8 Å². The van der Waals surface area contributed by atoms with Crippen molar-refractivity contribution in [1.29, 1.82) is 0 Å². The van der Waals surface area contributed by atoms with Crippen LogP contribution >= 0.6 is 0 Å². The average molecular weight is 273 g/mol. The number of fused-ring (bicyclic) bond motifs is 1. The summed E-state index contributed by atoms with van der Waals surface area (Å²) in [5, 5.41) is 0. The van der Waals surface area contributed by atoms with E-state index in [-0.39, 0.29) is 0 Å². The van der Waals surface area contributed by atoms with E-state index < -0.39 is 0 Å². The number of rotatable bonds is 2. The van der Waals surface area contributed by atoms with E-state index in [0.717, 1.165) is 28.6 Å². The zero-order valence-electron chi connectivity index (χ0n) is 12.0. The zero-order chi connectivity index (χ0) is 14.3. The van der Waals surface area contributed by atoms with Crippen LogP contribution in [0.3, 0.4) is 0 Å². The molecule has 0 bridgehead atoms. The van der Waals surface area contributed by atoms with E-state index in [1.807, 2.05) is 29.8 Å². The summed E-state index contributed by atoms with van der Waals surface area (Å²) in [4.78, 5) is 4.67. The molecule has 2 heterocycles. The number of aromatic nitrogens is 2. The van der Waals surface area contributed by atoms with E-state index in [1.165, 1.54) is 0 Å². The van der Waals surface area contributed by atoms with Gasteiger partial charge in [-0.2, -0.15) is 0 Å². The van der Waals surface area contributed by atoms with Crippen molar-refractivity contribution in [3.63, 3.8) is 0 Å². The van der Waals surface area contributed by atoms with Crippen LogP contribution in [-0.2, 0) is 7.05 Å². The molecule has 5 heteroatoms. The molecular formula is C15H19N3O2. The van der Waals surface area contributed by atoms with Gasteiger partial charge < -0.3 is 19.8 Å². The minimum Gasteiger partial charge on any atom is -0.486 e. The number of ether oxygens (including phenoxy) is 2. The molecular weight excluding hydrogens is 254 g/mol. The number of nitrogens with zero attached hydrogens (tertiary/aromatic N) is 2. The topological polar surface area (TPSA) is 62.3 Å². The van der Waals surface area contributed by atoms with Gasteiger partial charge in [-0.05, 0) is 18.2 Å². The van der Waals surface area contributed by atoms with Crippen LogP contribution in [0.15, 0.2) is 18.2 Å². The highest BCUT2D eigenvalue weighted by Crippen LogP contribution is 2.36. The molecule has 3 rings (SSSR count). The second kappa shape index (κ2) is 4.74. The Morgan fingerprint density at radius 2 is 1.90 bits per heavy atom. The van der Waals surface area contributed by atoms with Crippen molar-refractivity contribution < 1.29 is 9.47 Å². The van der Waals surface area contributed by atoms with Crippen molar-refractivity contribution in [3.8, 4) is 22.8 Å². The minimum atomic E-state index is 0.327. The number of nitrogens with two attached hydrogens (primary N) is 1. The van der Waals surface area contributed by atoms with E-state index in [2.05, 4.69) is 18.8 Å². The van der Waals surface area contributed by atoms with Gasteiger partial charge in [-0.25, -0.2) is 4.98 Å². The third-order valence-corrected chi connectivity index (χ3v) is 3.51. The summed E-state index contributed by atoms with van der Waals surface area (Å²) < 4.78 is 13.1. The van der Waals surface area contributed by atoms with E-state index >= 15 is 0 Å². The predicted molar refractivity (Wildman–Crippen MR) is 78.1 cm³/mol. The van der Waals surface area contributed by atoms with Crippen molar-refractivity contribution in [2.75, 3.05) is 18.9 Å². The van der Waals surface area contributed by atoms with E-state index in [4.69, 9.17) is 15.2 Å². The van der Waals surface area contributed by atoms with Gasteiger partial charge >= 0.3 is 0 Å². The Bertz CT molecular complexity index is 647. The molecule has 2 aromatic rings. The van der Waals surface area contributed by atoms with E-state index in [9.17, 15) is 0 Å². The molecule has 1 aromatic carbocycles. The second-order valence-corrected chi connectivity index (χ2v) is 5.28. The molecule has 0 amide bonds. The summed E-state index contributed by atoms with van der Waals surface area (Å²) in [5.74, 6) is 3.51. The molecule has 0 spiro atoms. The lowest BCUT2D eigenvalue weighted by Gasteiger charge is -2.18. The normalized spacial score (nSPS) is 13.8. The number of nitrogen functional groups attached to an aromatic ring is 1. The SMILES string of the molecule is CC(C)c1nc(-c2ccc3c(c2)OCCO3)c(N)n1C. The molecule has 0 radical (unpaired) electrons. The lowest BCUT2D eigenvalue weighted by Crippen LogP contribution is -2.15. The highest BCUT2D eigenvalue weighted by molar-refractivity contribution is 5.73. The van der Waals surface area contributed by atoms with Gasteiger partial charge in [0.2, 0.25) is 0 Å². The van der Waals surface area contributed by atoms with Crippen LogP contribution < -0.4 is 15.2 Å². The van der Waals surface area contributed by atoms with Crippen LogP contribution in [-0.4, -0.2) is 22.8 Å². The van der Waals surface area contributed by atoms with Crippen LogP contribution in [0, 0.1) is 0 Å². The maximum absolute atomic E-state index is 6.18. The molecule has 5 nitrogen and oxygen atoms in total. The van der Waals surface area contributed by atoms with Crippen LogP contribution in [0.4, 0.5) is 5.82 Å². The number of hydrogen-bond acceptors (Lipinski definition) is 4. The summed E-state index contributed by atoms with van der Waals surface area (Å²) in [7, 11) is 1.94. The van der Waals surface area contributed by atoms with Crippen LogP contribution in [0.5, 0.6) is 11.5 Å².